The van der Waals surface area contributed by atoms with Crippen molar-refractivity contribution in [2.24, 2.45) is 4.99 Å². The van der Waals surface area contributed by atoms with Crippen LogP contribution in [-0.2, 0) is 0 Å². The van der Waals surface area contributed by atoms with Crippen LogP contribution in [0.4, 0.5) is 11.4 Å². The molecule has 1 aromatic carbocycles. The highest BCUT2D eigenvalue weighted by Gasteiger charge is 2.06. The SMILES string of the molecule is Nc1cccc(N2C=NCC2)c1. The number of nitrogen functional groups attached to an aromatic ring is 1. The molecule has 3 heteroatoms. The summed E-state index contributed by atoms with van der Waals surface area (Å²) in [6.07, 6.45) is 1.86. The van der Waals surface area contributed by atoms with Crippen molar-refractivity contribution in [3.05, 3.63) is 24.3 Å². The van der Waals surface area contributed by atoms with Gasteiger partial charge in [0.15, 0.2) is 0 Å². The fraction of sp³-hybridized carbons (Fsp3) is 0.222. The predicted molar refractivity (Wildman–Crippen MR) is 51.6 cm³/mol. The number of rotatable bonds is 1. The molecule has 0 aromatic heterocycles. The van der Waals surface area contributed by atoms with E-state index in [9.17, 15) is 0 Å². The second kappa shape index (κ2) is 2.85. The van der Waals surface area contributed by atoms with E-state index >= 15 is 0 Å². The Hall–Kier alpha value is -1.51. The third-order valence-electron chi connectivity index (χ3n) is 1.89. The van der Waals surface area contributed by atoms with Gasteiger partial charge in [0, 0.05) is 17.9 Å². The molecule has 0 saturated carbocycles. The lowest BCUT2D eigenvalue weighted by atomic mass is 10.2. The van der Waals surface area contributed by atoms with Crippen molar-refractivity contribution in [2.75, 3.05) is 23.7 Å². The van der Waals surface area contributed by atoms with Crippen molar-refractivity contribution in [1.29, 1.82) is 0 Å². The van der Waals surface area contributed by atoms with Crippen LogP contribution in [0.5, 0.6) is 0 Å². The van der Waals surface area contributed by atoms with E-state index in [0.29, 0.717) is 0 Å². The molecule has 1 aliphatic rings. The van der Waals surface area contributed by atoms with Gasteiger partial charge in [-0.05, 0) is 18.2 Å². The Bertz CT molecular complexity index is 306. The minimum atomic E-state index is 0.799. The molecule has 0 aliphatic carbocycles. The maximum Gasteiger partial charge on any atom is 0.0895 e. The standard InChI is InChI=1S/C9H11N3/c10-8-2-1-3-9(6-8)12-5-4-11-7-12/h1-3,6-7H,4-5,10H2. The lowest BCUT2D eigenvalue weighted by Crippen LogP contribution is -2.17. The van der Waals surface area contributed by atoms with Gasteiger partial charge in [-0.1, -0.05) is 6.07 Å². The number of nitrogens with zero attached hydrogens (tertiary/aromatic N) is 2. The minimum Gasteiger partial charge on any atom is -0.399 e. The molecule has 62 valence electrons. The van der Waals surface area contributed by atoms with E-state index in [1.807, 2.05) is 30.6 Å². The number of anilines is 2. The zero-order valence-corrected chi connectivity index (χ0v) is 6.77. The highest BCUT2D eigenvalue weighted by molar-refractivity contribution is 5.81. The van der Waals surface area contributed by atoms with Crippen LogP contribution in [0.3, 0.4) is 0 Å². The summed E-state index contributed by atoms with van der Waals surface area (Å²) in [5, 5.41) is 0. The van der Waals surface area contributed by atoms with Crippen molar-refractivity contribution in [3.8, 4) is 0 Å². The van der Waals surface area contributed by atoms with Gasteiger partial charge in [0.05, 0.1) is 12.9 Å². The van der Waals surface area contributed by atoms with E-state index in [4.69, 9.17) is 5.73 Å². The highest BCUT2D eigenvalue weighted by atomic mass is 15.2. The Morgan fingerprint density at radius 2 is 2.33 bits per heavy atom. The highest BCUT2D eigenvalue weighted by Crippen LogP contribution is 2.17. The van der Waals surface area contributed by atoms with Crippen LogP contribution in [0.15, 0.2) is 29.3 Å². The van der Waals surface area contributed by atoms with E-state index in [1.54, 1.807) is 0 Å². The third-order valence-corrected chi connectivity index (χ3v) is 1.89. The normalized spacial score (nSPS) is 15.5. The fourth-order valence-electron chi connectivity index (χ4n) is 1.28. The van der Waals surface area contributed by atoms with Gasteiger partial charge in [-0.2, -0.15) is 0 Å². The van der Waals surface area contributed by atoms with Crippen molar-refractivity contribution < 1.29 is 0 Å². The molecule has 0 saturated heterocycles. The van der Waals surface area contributed by atoms with Crippen molar-refractivity contribution in [2.45, 2.75) is 0 Å². The van der Waals surface area contributed by atoms with Gasteiger partial charge in [-0.3, -0.25) is 4.99 Å². The van der Waals surface area contributed by atoms with Gasteiger partial charge in [0.25, 0.3) is 0 Å². The molecule has 0 bridgehead atoms. The lowest BCUT2D eigenvalue weighted by molar-refractivity contribution is 1.02. The first-order chi connectivity index (χ1) is 5.86. The molecule has 0 radical (unpaired) electrons. The maximum absolute atomic E-state index is 5.66. The molecule has 0 fully saturated rings. The van der Waals surface area contributed by atoms with Crippen molar-refractivity contribution in [3.63, 3.8) is 0 Å². The van der Waals surface area contributed by atoms with Crippen LogP contribution >= 0.6 is 0 Å². The molecule has 3 nitrogen and oxygen atoms in total. The Morgan fingerprint density at radius 3 is 3.00 bits per heavy atom. The van der Waals surface area contributed by atoms with Gasteiger partial charge in [-0.25, -0.2) is 0 Å². The summed E-state index contributed by atoms with van der Waals surface area (Å²) in [7, 11) is 0. The molecule has 1 aromatic rings. The Kier molecular flexibility index (Phi) is 1.70. The summed E-state index contributed by atoms with van der Waals surface area (Å²) in [4.78, 5) is 6.22. The first-order valence-corrected chi connectivity index (χ1v) is 3.98. The Labute approximate surface area is 71.5 Å². The minimum absolute atomic E-state index is 0.799. The topological polar surface area (TPSA) is 41.6 Å². The molecular weight excluding hydrogens is 150 g/mol. The maximum atomic E-state index is 5.66. The summed E-state index contributed by atoms with van der Waals surface area (Å²) < 4.78 is 0. The molecule has 0 unspecified atom stereocenters. The number of aliphatic imine (C=N–C) groups is 1. The van der Waals surface area contributed by atoms with Crippen LogP contribution < -0.4 is 10.6 Å². The van der Waals surface area contributed by atoms with E-state index in [1.165, 1.54) is 0 Å². The number of benzene rings is 1. The van der Waals surface area contributed by atoms with Crippen LogP contribution in [0, 0.1) is 0 Å². The van der Waals surface area contributed by atoms with Gasteiger partial charge < -0.3 is 10.6 Å². The molecular formula is C9H11N3. The average Bonchev–Trinajstić information content (AvgIpc) is 2.56. The third kappa shape index (κ3) is 1.25. The zero-order chi connectivity index (χ0) is 8.39. The molecule has 0 spiro atoms. The van der Waals surface area contributed by atoms with Crippen LogP contribution in [0.2, 0.25) is 0 Å². The summed E-state index contributed by atoms with van der Waals surface area (Å²) in [6.45, 7) is 1.85. The number of nitrogens with two attached hydrogens (primary N) is 1. The van der Waals surface area contributed by atoms with E-state index < -0.39 is 0 Å². The fourth-order valence-corrected chi connectivity index (χ4v) is 1.28. The molecule has 2 rings (SSSR count). The quantitative estimate of drug-likeness (QED) is 0.627. The monoisotopic (exact) mass is 161 g/mol. The van der Waals surface area contributed by atoms with Crippen LogP contribution in [-0.4, -0.2) is 19.4 Å². The van der Waals surface area contributed by atoms with Crippen LogP contribution in [0.25, 0.3) is 0 Å². The average molecular weight is 161 g/mol. The zero-order valence-electron chi connectivity index (χ0n) is 6.77. The molecule has 1 aliphatic heterocycles. The second-order valence-corrected chi connectivity index (χ2v) is 2.81. The summed E-state index contributed by atoms with van der Waals surface area (Å²) in [5.74, 6) is 0. The van der Waals surface area contributed by atoms with E-state index in [-0.39, 0.29) is 0 Å². The molecule has 12 heavy (non-hydrogen) atoms. The van der Waals surface area contributed by atoms with Gasteiger partial charge in [-0.15, -0.1) is 0 Å². The number of hydrogen-bond donors (Lipinski definition) is 1. The summed E-state index contributed by atoms with van der Waals surface area (Å²) in [5.41, 5.74) is 7.58. The molecule has 2 N–H and O–H groups in total. The number of hydrogen-bond acceptors (Lipinski definition) is 3. The van der Waals surface area contributed by atoms with E-state index in [0.717, 1.165) is 24.5 Å². The molecule has 0 atom stereocenters. The molecule has 0 amide bonds. The first-order valence-electron chi connectivity index (χ1n) is 3.98. The van der Waals surface area contributed by atoms with Crippen molar-refractivity contribution >= 4 is 17.7 Å². The summed E-state index contributed by atoms with van der Waals surface area (Å²) >= 11 is 0. The summed E-state index contributed by atoms with van der Waals surface area (Å²) in [6, 6.07) is 7.83. The van der Waals surface area contributed by atoms with Gasteiger partial charge in [0.2, 0.25) is 0 Å². The second-order valence-electron chi connectivity index (χ2n) is 2.81. The Morgan fingerprint density at radius 1 is 1.42 bits per heavy atom. The Balaban J connectivity index is 2.27. The first kappa shape index (κ1) is 7.16. The largest absolute Gasteiger partial charge is 0.399 e. The van der Waals surface area contributed by atoms with E-state index in [2.05, 4.69) is 9.89 Å². The van der Waals surface area contributed by atoms with Crippen molar-refractivity contribution in [1.82, 2.24) is 0 Å². The van der Waals surface area contributed by atoms with Gasteiger partial charge >= 0.3 is 0 Å². The van der Waals surface area contributed by atoms with Gasteiger partial charge in [0.1, 0.15) is 0 Å². The predicted octanol–water partition coefficient (Wildman–Crippen LogP) is 1.12. The molecule has 1 heterocycles. The smallest absolute Gasteiger partial charge is 0.0895 e. The lowest BCUT2D eigenvalue weighted by Gasteiger charge is -2.13. The van der Waals surface area contributed by atoms with Crippen LogP contribution in [0.1, 0.15) is 0 Å².